The van der Waals surface area contributed by atoms with Crippen LogP contribution in [0.25, 0.3) is 0 Å². The van der Waals surface area contributed by atoms with Crippen molar-refractivity contribution in [3.63, 3.8) is 0 Å². The van der Waals surface area contributed by atoms with Crippen LogP contribution in [0.5, 0.6) is 0 Å². The summed E-state index contributed by atoms with van der Waals surface area (Å²) in [4.78, 5) is 44.2. The van der Waals surface area contributed by atoms with Crippen LogP contribution in [0.1, 0.15) is 63.9 Å². The highest BCUT2D eigenvalue weighted by molar-refractivity contribution is 6.30. The number of carbonyl (C=O) groups is 3. The minimum atomic E-state index is -1.06. The molecule has 0 spiro atoms. The van der Waals surface area contributed by atoms with Gasteiger partial charge >= 0.3 is 6.09 Å². The van der Waals surface area contributed by atoms with E-state index in [1.165, 1.54) is 0 Å². The fraction of sp³-hybridized carbons (Fsp3) is 0.679. The number of ether oxygens (including phenoxy) is 1. The Labute approximate surface area is 218 Å². The van der Waals surface area contributed by atoms with Crippen molar-refractivity contribution < 1.29 is 19.1 Å². The molecule has 1 N–H and O–H groups in total. The van der Waals surface area contributed by atoms with Gasteiger partial charge in [-0.3, -0.25) is 14.5 Å². The van der Waals surface area contributed by atoms with Crippen molar-refractivity contribution in [2.45, 2.75) is 69.9 Å². The van der Waals surface area contributed by atoms with Crippen LogP contribution in [0.2, 0.25) is 5.02 Å². The fourth-order valence-electron chi connectivity index (χ4n) is 6.11. The van der Waals surface area contributed by atoms with E-state index in [0.29, 0.717) is 50.0 Å². The zero-order valence-electron chi connectivity index (χ0n) is 21.6. The van der Waals surface area contributed by atoms with E-state index in [0.717, 1.165) is 31.2 Å². The molecule has 36 heavy (non-hydrogen) atoms. The number of amides is 2. The number of ketones is 1. The average Bonchev–Trinajstić information content (AvgIpc) is 3.82. The summed E-state index contributed by atoms with van der Waals surface area (Å²) in [5.41, 5.74) is -0.287. The van der Waals surface area contributed by atoms with E-state index in [2.05, 4.69) is 5.32 Å². The molecule has 1 unspecified atom stereocenters. The number of rotatable bonds is 7. The first-order valence-corrected chi connectivity index (χ1v) is 13.8. The molecule has 2 heterocycles. The Balaban J connectivity index is 1.39. The molecule has 4 aliphatic rings. The summed E-state index contributed by atoms with van der Waals surface area (Å²) in [7, 11) is 1.71. The number of benzene rings is 1. The maximum absolute atomic E-state index is 14.4. The molecule has 5 rings (SSSR count). The van der Waals surface area contributed by atoms with Crippen molar-refractivity contribution in [1.29, 1.82) is 0 Å². The quantitative estimate of drug-likeness (QED) is 0.587. The van der Waals surface area contributed by atoms with Crippen molar-refractivity contribution in [2.24, 2.45) is 17.3 Å². The molecular formula is C28H38ClN3O4. The SMILES string of the molecule is CC(OC(=O)N(C)[C@]1(C(=O)C2CCN(C(=O)C3(C)CC3)CC2)CNC[C@H]1c1ccc(Cl)cc1)C1CC1. The molecule has 8 heteroatoms. The maximum atomic E-state index is 14.4. The molecule has 4 fully saturated rings. The van der Waals surface area contributed by atoms with Crippen LogP contribution in [0, 0.1) is 17.3 Å². The third-order valence-corrected chi connectivity index (χ3v) is 9.38. The lowest BCUT2D eigenvalue weighted by Gasteiger charge is -2.44. The summed E-state index contributed by atoms with van der Waals surface area (Å²) in [5, 5.41) is 4.04. The number of halogens is 1. The van der Waals surface area contributed by atoms with E-state index in [4.69, 9.17) is 16.3 Å². The summed E-state index contributed by atoms with van der Waals surface area (Å²) in [6.45, 7) is 6.11. The van der Waals surface area contributed by atoms with Crippen molar-refractivity contribution in [3.8, 4) is 0 Å². The molecule has 3 atom stereocenters. The summed E-state index contributed by atoms with van der Waals surface area (Å²) < 4.78 is 5.84. The topological polar surface area (TPSA) is 79.0 Å². The van der Waals surface area contributed by atoms with Crippen LogP contribution < -0.4 is 5.32 Å². The Morgan fingerprint density at radius 3 is 2.33 bits per heavy atom. The number of carbonyl (C=O) groups excluding carboxylic acids is 3. The first kappa shape index (κ1) is 25.5. The van der Waals surface area contributed by atoms with Gasteiger partial charge in [-0.05, 0) is 69.1 Å². The fourth-order valence-corrected chi connectivity index (χ4v) is 6.23. The van der Waals surface area contributed by atoms with Gasteiger partial charge < -0.3 is 15.0 Å². The molecule has 0 aromatic heterocycles. The highest BCUT2D eigenvalue weighted by atomic mass is 35.5. The number of nitrogens with one attached hydrogen (secondary N) is 1. The van der Waals surface area contributed by atoms with E-state index in [1.807, 2.05) is 43.0 Å². The predicted molar refractivity (Wildman–Crippen MR) is 138 cm³/mol. The van der Waals surface area contributed by atoms with Gasteiger partial charge in [0.2, 0.25) is 5.91 Å². The maximum Gasteiger partial charge on any atom is 0.410 e. The number of hydrogen-bond acceptors (Lipinski definition) is 5. The molecule has 196 valence electrons. The molecule has 2 saturated carbocycles. The number of nitrogens with zero attached hydrogens (tertiary/aromatic N) is 2. The van der Waals surface area contributed by atoms with Gasteiger partial charge in [-0.25, -0.2) is 4.79 Å². The Morgan fingerprint density at radius 2 is 1.75 bits per heavy atom. The molecule has 1 aromatic rings. The highest BCUT2D eigenvalue weighted by Gasteiger charge is 2.57. The van der Waals surface area contributed by atoms with Crippen LogP contribution in [-0.4, -0.2) is 72.5 Å². The van der Waals surface area contributed by atoms with Crippen LogP contribution >= 0.6 is 11.6 Å². The van der Waals surface area contributed by atoms with Gasteiger partial charge in [-0.1, -0.05) is 30.7 Å². The third kappa shape index (κ3) is 4.65. The van der Waals surface area contributed by atoms with Gasteiger partial charge in [-0.15, -0.1) is 0 Å². The lowest BCUT2D eigenvalue weighted by molar-refractivity contribution is -0.142. The summed E-state index contributed by atoms with van der Waals surface area (Å²) >= 11 is 6.16. The van der Waals surface area contributed by atoms with Crippen molar-refractivity contribution in [3.05, 3.63) is 34.9 Å². The van der Waals surface area contributed by atoms with Gasteiger partial charge in [0.15, 0.2) is 5.78 Å². The van der Waals surface area contributed by atoms with Gasteiger partial charge in [-0.2, -0.15) is 0 Å². The van der Waals surface area contributed by atoms with Crippen molar-refractivity contribution in [1.82, 2.24) is 15.1 Å². The van der Waals surface area contributed by atoms with Crippen LogP contribution in [0.15, 0.2) is 24.3 Å². The minimum Gasteiger partial charge on any atom is -0.446 e. The van der Waals surface area contributed by atoms with E-state index in [9.17, 15) is 14.4 Å². The number of piperidine rings is 1. The minimum absolute atomic E-state index is 0.0655. The summed E-state index contributed by atoms with van der Waals surface area (Å²) in [6, 6.07) is 7.57. The molecule has 0 radical (unpaired) electrons. The van der Waals surface area contributed by atoms with Gasteiger partial charge in [0.25, 0.3) is 0 Å². The molecule has 1 aromatic carbocycles. The molecule has 0 bridgehead atoms. The standard InChI is InChI=1S/C28H38ClN3O4/c1-18(19-4-5-19)36-26(35)31(3)28(17-30-16-23(28)20-6-8-22(29)9-7-20)24(33)21-10-14-32(15-11-21)25(34)27(2)12-13-27/h6-9,18-19,21,23,30H,4-5,10-17H2,1-3H3/t18?,23-,28+/m0/s1. The summed E-state index contributed by atoms with van der Waals surface area (Å²) in [6.07, 6.45) is 4.70. The Kier molecular flexibility index (Phi) is 6.83. The first-order chi connectivity index (χ1) is 17.2. The van der Waals surface area contributed by atoms with Crippen LogP contribution in [-0.2, 0) is 14.3 Å². The second-order valence-electron chi connectivity index (χ2n) is 11.6. The molecular weight excluding hydrogens is 478 g/mol. The number of likely N-dealkylation sites (N-methyl/N-ethyl adjacent to an activating group) is 1. The zero-order chi connectivity index (χ0) is 25.7. The van der Waals surface area contributed by atoms with Gasteiger partial charge in [0.1, 0.15) is 11.6 Å². The average molecular weight is 516 g/mol. The van der Waals surface area contributed by atoms with E-state index < -0.39 is 11.6 Å². The van der Waals surface area contributed by atoms with E-state index >= 15 is 0 Å². The van der Waals surface area contributed by atoms with Gasteiger partial charge in [0, 0.05) is 55.5 Å². The second-order valence-corrected chi connectivity index (χ2v) is 12.1. The molecule has 7 nitrogen and oxygen atoms in total. The molecule has 2 aliphatic carbocycles. The smallest absolute Gasteiger partial charge is 0.410 e. The Hall–Kier alpha value is -2.12. The first-order valence-electron chi connectivity index (χ1n) is 13.4. The zero-order valence-corrected chi connectivity index (χ0v) is 22.4. The Bertz CT molecular complexity index is 1010. The lowest BCUT2D eigenvalue weighted by Crippen LogP contribution is -2.62. The van der Waals surface area contributed by atoms with Crippen molar-refractivity contribution in [2.75, 3.05) is 33.2 Å². The number of likely N-dealkylation sites (tertiary alicyclic amines) is 1. The number of Topliss-reactive ketones (excluding diaryl/α,β-unsaturated/α-hetero) is 1. The molecule has 2 amide bonds. The van der Waals surface area contributed by atoms with E-state index in [1.54, 1.807) is 11.9 Å². The highest BCUT2D eigenvalue weighted by Crippen LogP contribution is 2.47. The monoisotopic (exact) mass is 515 g/mol. The molecule has 2 saturated heterocycles. The predicted octanol–water partition coefficient (Wildman–Crippen LogP) is 4.24. The largest absolute Gasteiger partial charge is 0.446 e. The third-order valence-electron chi connectivity index (χ3n) is 9.13. The van der Waals surface area contributed by atoms with Crippen molar-refractivity contribution >= 4 is 29.4 Å². The molecule has 2 aliphatic heterocycles. The van der Waals surface area contributed by atoms with Crippen LogP contribution in [0.3, 0.4) is 0 Å². The normalized spacial score (nSPS) is 28.4. The second kappa shape index (κ2) is 9.64. The van der Waals surface area contributed by atoms with Crippen LogP contribution in [0.4, 0.5) is 4.79 Å². The van der Waals surface area contributed by atoms with Gasteiger partial charge in [0.05, 0.1) is 0 Å². The summed E-state index contributed by atoms with van der Waals surface area (Å²) in [5.74, 6) is 0.265. The lowest BCUT2D eigenvalue weighted by atomic mass is 9.72. The van der Waals surface area contributed by atoms with E-state index in [-0.39, 0.29) is 35.0 Å². The number of hydrogen-bond donors (Lipinski definition) is 1. The Morgan fingerprint density at radius 1 is 1.11 bits per heavy atom.